The Morgan fingerprint density at radius 3 is 2.35 bits per heavy atom. The summed E-state index contributed by atoms with van der Waals surface area (Å²) in [5.74, 6) is 0. The molecule has 1 aliphatic heterocycles. The highest BCUT2D eigenvalue weighted by Gasteiger charge is 2.41. The van der Waals surface area contributed by atoms with Crippen molar-refractivity contribution in [2.24, 2.45) is 0 Å². The Morgan fingerprint density at radius 1 is 1.03 bits per heavy atom. The number of aromatic nitrogens is 2. The van der Waals surface area contributed by atoms with Crippen LogP contribution in [0, 0.1) is 34.6 Å². The van der Waals surface area contributed by atoms with E-state index in [9.17, 15) is 0 Å². The van der Waals surface area contributed by atoms with Crippen LogP contribution in [-0.4, -0.2) is 26.1 Å². The fourth-order valence-corrected chi connectivity index (χ4v) is 5.51. The zero-order valence-corrected chi connectivity index (χ0v) is 20.2. The van der Waals surface area contributed by atoms with E-state index in [-0.39, 0.29) is 12.1 Å². The van der Waals surface area contributed by atoms with Crippen molar-refractivity contribution in [3.05, 3.63) is 81.9 Å². The molecule has 0 bridgehead atoms. The fraction of sp³-hybridized carbons (Fsp3) is 0.385. The molecule has 162 valence electrons. The van der Waals surface area contributed by atoms with Gasteiger partial charge in [-0.1, -0.05) is 30.7 Å². The third-order valence-corrected chi connectivity index (χ3v) is 6.66. The molecule has 4 nitrogen and oxygen atoms in total. The standard InChI is InChI=1S/C26H32N4S/c1-7-12-29-25(23(28-26(29)31)22-10-8-9-11-27-22)21-15-19(5)30(20(21)6)24-17(3)13-16(2)14-18(24)4/h8-11,13-15,23,25H,7,12H2,1-6H3,(H,28,31)/t23-,25-/m0/s1. The molecule has 0 aliphatic carbocycles. The number of rotatable bonds is 5. The quantitative estimate of drug-likeness (QED) is 0.517. The van der Waals surface area contributed by atoms with Gasteiger partial charge in [0.15, 0.2) is 5.11 Å². The van der Waals surface area contributed by atoms with Crippen molar-refractivity contribution in [2.75, 3.05) is 6.54 Å². The van der Waals surface area contributed by atoms with Gasteiger partial charge in [-0.05, 0) is 88.1 Å². The minimum absolute atomic E-state index is 0.0365. The van der Waals surface area contributed by atoms with Crippen LogP contribution in [0.4, 0.5) is 0 Å². The van der Waals surface area contributed by atoms with Crippen LogP contribution in [0.2, 0.25) is 0 Å². The number of aryl methyl sites for hydroxylation is 4. The van der Waals surface area contributed by atoms with Crippen molar-refractivity contribution in [3.8, 4) is 5.69 Å². The monoisotopic (exact) mass is 432 g/mol. The zero-order chi connectivity index (χ0) is 22.3. The smallest absolute Gasteiger partial charge is 0.170 e. The topological polar surface area (TPSA) is 33.1 Å². The SMILES string of the molecule is CCCN1C(=S)N[C@@H](c2ccccn2)[C@@H]1c1cc(C)n(-c2c(C)cc(C)cc2C)c1C. The van der Waals surface area contributed by atoms with Crippen LogP contribution in [0.1, 0.15) is 64.8 Å². The average Bonchev–Trinajstić information content (AvgIpc) is 3.19. The number of hydrogen-bond acceptors (Lipinski definition) is 2. The molecule has 31 heavy (non-hydrogen) atoms. The number of nitrogens with zero attached hydrogens (tertiary/aromatic N) is 3. The summed E-state index contributed by atoms with van der Waals surface area (Å²) in [6.07, 6.45) is 2.91. The van der Waals surface area contributed by atoms with Gasteiger partial charge in [0.25, 0.3) is 0 Å². The first-order valence-electron chi connectivity index (χ1n) is 11.1. The molecular weight excluding hydrogens is 400 g/mol. The van der Waals surface area contributed by atoms with Gasteiger partial charge in [-0.3, -0.25) is 4.98 Å². The second kappa shape index (κ2) is 8.46. The molecular formula is C26H32N4S. The predicted molar refractivity (Wildman–Crippen MR) is 132 cm³/mol. The third kappa shape index (κ3) is 3.76. The van der Waals surface area contributed by atoms with Gasteiger partial charge in [0.2, 0.25) is 0 Å². The number of nitrogens with one attached hydrogen (secondary N) is 1. The molecule has 2 atom stereocenters. The summed E-state index contributed by atoms with van der Waals surface area (Å²) in [5, 5.41) is 4.38. The van der Waals surface area contributed by atoms with E-state index in [1.54, 1.807) is 0 Å². The molecule has 2 aromatic heterocycles. The minimum Gasteiger partial charge on any atom is -0.352 e. The summed E-state index contributed by atoms with van der Waals surface area (Å²) in [5.41, 5.74) is 10.1. The first kappa shape index (κ1) is 21.6. The molecule has 5 heteroatoms. The highest BCUT2D eigenvalue weighted by molar-refractivity contribution is 7.80. The van der Waals surface area contributed by atoms with E-state index >= 15 is 0 Å². The maximum absolute atomic E-state index is 5.77. The van der Waals surface area contributed by atoms with E-state index in [0.717, 1.165) is 23.8 Å². The largest absolute Gasteiger partial charge is 0.352 e. The summed E-state index contributed by atoms with van der Waals surface area (Å²) in [6.45, 7) is 14.1. The lowest BCUT2D eigenvalue weighted by atomic mass is 9.96. The van der Waals surface area contributed by atoms with Crippen LogP contribution in [0.3, 0.4) is 0 Å². The molecule has 3 aromatic rings. The molecule has 1 fully saturated rings. The molecule has 1 aliphatic rings. The molecule has 4 rings (SSSR count). The van der Waals surface area contributed by atoms with Crippen LogP contribution in [0.5, 0.6) is 0 Å². The number of thiocarbonyl (C=S) groups is 1. The summed E-state index contributed by atoms with van der Waals surface area (Å²) in [7, 11) is 0. The molecule has 0 amide bonds. The molecule has 1 saturated heterocycles. The van der Waals surface area contributed by atoms with E-state index in [4.69, 9.17) is 12.2 Å². The van der Waals surface area contributed by atoms with Crippen molar-refractivity contribution in [1.82, 2.24) is 19.8 Å². The molecule has 3 heterocycles. The van der Waals surface area contributed by atoms with Crippen LogP contribution >= 0.6 is 12.2 Å². The van der Waals surface area contributed by atoms with E-state index in [1.165, 1.54) is 39.3 Å². The Bertz CT molecular complexity index is 1090. The lowest BCUT2D eigenvalue weighted by Crippen LogP contribution is -2.30. The van der Waals surface area contributed by atoms with Gasteiger partial charge in [-0.25, -0.2) is 0 Å². The van der Waals surface area contributed by atoms with E-state index in [0.29, 0.717) is 0 Å². The lowest BCUT2D eigenvalue weighted by molar-refractivity contribution is 0.316. The molecule has 0 radical (unpaired) electrons. The highest BCUT2D eigenvalue weighted by atomic mass is 32.1. The maximum atomic E-state index is 5.77. The van der Waals surface area contributed by atoms with Crippen molar-refractivity contribution >= 4 is 17.3 Å². The summed E-state index contributed by atoms with van der Waals surface area (Å²) in [6, 6.07) is 13.1. The Kier molecular flexibility index (Phi) is 5.89. The van der Waals surface area contributed by atoms with Gasteiger partial charge in [0.05, 0.1) is 23.5 Å². The molecule has 0 saturated carbocycles. The van der Waals surface area contributed by atoms with Gasteiger partial charge in [0, 0.05) is 24.1 Å². The van der Waals surface area contributed by atoms with E-state index < -0.39 is 0 Å². The predicted octanol–water partition coefficient (Wildman–Crippen LogP) is 5.80. The lowest BCUT2D eigenvalue weighted by Gasteiger charge is -2.28. The van der Waals surface area contributed by atoms with Crippen molar-refractivity contribution in [1.29, 1.82) is 0 Å². The van der Waals surface area contributed by atoms with E-state index in [1.807, 2.05) is 12.3 Å². The molecule has 0 unspecified atom stereocenters. The minimum atomic E-state index is 0.0365. The van der Waals surface area contributed by atoms with Gasteiger partial charge >= 0.3 is 0 Å². The Morgan fingerprint density at radius 2 is 1.74 bits per heavy atom. The first-order valence-corrected chi connectivity index (χ1v) is 11.5. The van der Waals surface area contributed by atoms with Crippen LogP contribution in [0.25, 0.3) is 5.69 Å². The second-order valence-electron chi connectivity index (χ2n) is 8.73. The third-order valence-electron chi connectivity index (χ3n) is 6.31. The van der Waals surface area contributed by atoms with Gasteiger partial charge in [0.1, 0.15) is 0 Å². The van der Waals surface area contributed by atoms with Crippen LogP contribution < -0.4 is 5.32 Å². The van der Waals surface area contributed by atoms with Gasteiger partial charge in [-0.15, -0.1) is 0 Å². The average molecular weight is 433 g/mol. The summed E-state index contributed by atoms with van der Waals surface area (Å²) in [4.78, 5) is 7.01. The summed E-state index contributed by atoms with van der Waals surface area (Å²) < 4.78 is 2.42. The highest BCUT2D eigenvalue weighted by Crippen LogP contribution is 2.41. The Hall–Kier alpha value is -2.66. The van der Waals surface area contributed by atoms with Gasteiger partial charge in [-0.2, -0.15) is 0 Å². The maximum Gasteiger partial charge on any atom is 0.170 e. The van der Waals surface area contributed by atoms with Crippen LogP contribution in [-0.2, 0) is 0 Å². The number of pyridine rings is 1. The fourth-order valence-electron chi connectivity index (χ4n) is 5.18. The first-order chi connectivity index (χ1) is 14.8. The molecule has 0 spiro atoms. The molecule has 1 aromatic carbocycles. The van der Waals surface area contributed by atoms with E-state index in [2.05, 4.69) is 91.6 Å². The second-order valence-corrected chi connectivity index (χ2v) is 9.12. The zero-order valence-electron chi connectivity index (χ0n) is 19.4. The number of benzene rings is 1. The van der Waals surface area contributed by atoms with Gasteiger partial charge < -0.3 is 14.8 Å². The van der Waals surface area contributed by atoms with Crippen LogP contribution in [0.15, 0.2) is 42.6 Å². The normalized spacial score (nSPS) is 18.5. The van der Waals surface area contributed by atoms with Crippen molar-refractivity contribution in [3.63, 3.8) is 0 Å². The summed E-state index contributed by atoms with van der Waals surface area (Å²) >= 11 is 5.77. The number of hydrogen-bond donors (Lipinski definition) is 1. The van der Waals surface area contributed by atoms with Crippen molar-refractivity contribution < 1.29 is 0 Å². The van der Waals surface area contributed by atoms with Crippen molar-refractivity contribution in [2.45, 2.75) is 60.0 Å². The Balaban J connectivity index is 1.88. The Labute approximate surface area is 191 Å². The molecule has 1 N–H and O–H groups in total.